The first kappa shape index (κ1) is 12.6. The van der Waals surface area contributed by atoms with Crippen molar-refractivity contribution < 1.29 is 4.74 Å². The SMILES string of the molecule is c1ccc(CCCCO[C@H]2CCCNC2)cc1. The summed E-state index contributed by atoms with van der Waals surface area (Å²) in [5.41, 5.74) is 1.44. The highest BCUT2D eigenvalue weighted by Crippen LogP contribution is 2.08. The van der Waals surface area contributed by atoms with E-state index >= 15 is 0 Å². The van der Waals surface area contributed by atoms with Gasteiger partial charge < -0.3 is 10.1 Å². The van der Waals surface area contributed by atoms with E-state index in [0.717, 1.165) is 19.7 Å². The molecule has 1 saturated heterocycles. The molecule has 0 radical (unpaired) electrons. The Bertz CT molecular complexity index is 293. The number of piperidine rings is 1. The second kappa shape index (κ2) is 7.46. The maximum absolute atomic E-state index is 5.86. The minimum absolute atomic E-state index is 0.459. The molecule has 0 spiro atoms. The van der Waals surface area contributed by atoms with Crippen molar-refractivity contribution in [2.75, 3.05) is 19.7 Å². The second-order valence-electron chi connectivity index (χ2n) is 4.78. The molecule has 0 aromatic heterocycles. The average Bonchev–Trinajstić information content (AvgIpc) is 2.41. The van der Waals surface area contributed by atoms with Crippen LogP contribution in [0.1, 0.15) is 31.2 Å². The molecule has 1 aromatic rings. The van der Waals surface area contributed by atoms with Crippen LogP contribution in [0, 0.1) is 0 Å². The highest BCUT2D eigenvalue weighted by molar-refractivity contribution is 5.14. The molecule has 1 atom stereocenters. The second-order valence-corrected chi connectivity index (χ2v) is 4.78. The van der Waals surface area contributed by atoms with Gasteiger partial charge >= 0.3 is 0 Å². The summed E-state index contributed by atoms with van der Waals surface area (Å²) in [6, 6.07) is 10.7. The molecular formula is C15H23NO. The quantitative estimate of drug-likeness (QED) is 0.763. The van der Waals surface area contributed by atoms with Crippen molar-refractivity contribution in [1.29, 1.82) is 0 Å². The van der Waals surface area contributed by atoms with Crippen LogP contribution < -0.4 is 5.32 Å². The van der Waals surface area contributed by atoms with Gasteiger partial charge in [0.2, 0.25) is 0 Å². The summed E-state index contributed by atoms with van der Waals surface area (Å²) >= 11 is 0. The molecule has 0 aliphatic carbocycles. The highest BCUT2D eigenvalue weighted by Gasteiger charge is 2.12. The van der Waals surface area contributed by atoms with Crippen LogP contribution >= 0.6 is 0 Å². The normalized spacial score (nSPS) is 20.4. The third-order valence-corrected chi connectivity index (χ3v) is 3.31. The van der Waals surface area contributed by atoms with Gasteiger partial charge in [0.25, 0.3) is 0 Å². The Hall–Kier alpha value is -0.860. The zero-order valence-electron chi connectivity index (χ0n) is 10.5. The van der Waals surface area contributed by atoms with Gasteiger partial charge in [-0.05, 0) is 44.2 Å². The lowest BCUT2D eigenvalue weighted by Gasteiger charge is -2.22. The van der Waals surface area contributed by atoms with E-state index in [9.17, 15) is 0 Å². The molecule has 1 heterocycles. The van der Waals surface area contributed by atoms with Crippen molar-refractivity contribution >= 4 is 0 Å². The molecule has 1 aliphatic heterocycles. The minimum Gasteiger partial charge on any atom is -0.377 e. The fraction of sp³-hybridized carbons (Fsp3) is 0.600. The molecule has 0 saturated carbocycles. The number of hydrogen-bond donors (Lipinski definition) is 1. The number of aryl methyl sites for hydroxylation is 1. The third-order valence-electron chi connectivity index (χ3n) is 3.31. The van der Waals surface area contributed by atoms with E-state index in [4.69, 9.17) is 4.74 Å². The highest BCUT2D eigenvalue weighted by atomic mass is 16.5. The molecular weight excluding hydrogens is 210 g/mol. The van der Waals surface area contributed by atoms with Gasteiger partial charge in [-0.2, -0.15) is 0 Å². The first-order valence-electron chi connectivity index (χ1n) is 6.81. The van der Waals surface area contributed by atoms with Gasteiger partial charge in [-0.3, -0.25) is 0 Å². The van der Waals surface area contributed by atoms with Crippen LogP contribution in [0.15, 0.2) is 30.3 Å². The van der Waals surface area contributed by atoms with Gasteiger partial charge in [0.1, 0.15) is 0 Å². The van der Waals surface area contributed by atoms with Crippen LogP contribution in [0.5, 0.6) is 0 Å². The van der Waals surface area contributed by atoms with E-state index in [-0.39, 0.29) is 0 Å². The minimum atomic E-state index is 0.459. The lowest BCUT2D eigenvalue weighted by atomic mass is 10.1. The lowest BCUT2D eigenvalue weighted by molar-refractivity contribution is 0.0350. The summed E-state index contributed by atoms with van der Waals surface area (Å²) < 4.78 is 5.86. The number of hydrogen-bond acceptors (Lipinski definition) is 2. The molecule has 1 N–H and O–H groups in total. The van der Waals surface area contributed by atoms with Crippen LogP contribution in [0.25, 0.3) is 0 Å². The Morgan fingerprint density at radius 1 is 1.18 bits per heavy atom. The Labute approximate surface area is 104 Å². The van der Waals surface area contributed by atoms with Gasteiger partial charge in [-0.1, -0.05) is 30.3 Å². The standard InChI is InChI=1S/C15H23NO/c1-2-7-14(8-3-1)9-4-5-12-17-15-10-6-11-16-13-15/h1-3,7-8,15-16H,4-6,9-13H2/t15-/m0/s1. The smallest absolute Gasteiger partial charge is 0.0699 e. The van der Waals surface area contributed by atoms with E-state index < -0.39 is 0 Å². The van der Waals surface area contributed by atoms with Crippen LogP contribution in [-0.4, -0.2) is 25.8 Å². The Morgan fingerprint density at radius 3 is 2.82 bits per heavy atom. The topological polar surface area (TPSA) is 21.3 Å². The van der Waals surface area contributed by atoms with Crippen molar-refractivity contribution in [1.82, 2.24) is 5.32 Å². The van der Waals surface area contributed by atoms with Crippen molar-refractivity contribution in [3.05, 3.63) is 35.9 Å². The molecule has 2 heteroatoms. The predicted octanol–water partition coefficient (Wildman–Crippen LogP) is 2.78. The number of ether oxygens (including phenoxy) is 1. The molecule has 94 valence electrons. The van der Waals surface area contributed by atoms with Crippen molar-refractivity contribution in [3.63, 3.8) is 0 Å². The molecule has 1 fully saturated rings. The summed E-state index contributed by atoms with van der Waals surface area (Å²) in [7, 11) is 0. The first-order valence-corrected chi connectivity index (χ1v) is 6.81. The van der Waals surface area contributed by atoms with E-state index in [0.29, 0.717) is 6.10 Å². The summed E-state index contributed by atoms with van der Waals surface area (Å²) in [4.78, 5) is 0. The zero-order chi connectivity index (χ0) is 11.8. The van der Waals surface area contributed by atoms with Gasteiger partial charge in [0.05, 0.1) is 6.10 Å². The molecule has 0 amide bonds. The molecule has 17 heavy (non-hydrogen) atoms. The molecule has 2 rings (SSSR count). The molecule has 0 bridgehead atoms. The van der Waals surface area contributed by atoms with Crippen molar-refractivity contribution in [2.24, 2.45) is 0 Å². The maximum atomic E-state index is 5.86. The lowest BCUT2D eigenvalue weighted by Crippen LogP contribution is -2.35. The van der Waals surface area contributed by atoms with Crippen LogP contribution in [0.3, 0.4) is 0 Å². The Balaban J connectivity index is 1.51. The summed E-state index contributed by atoms with van der Waals surface area (Å²) in [5.74, 6) is 0. The van der Waals surface area contributed by atoms with Gasteiger partial charge in [-0.25, -0.2) is 0 Å². The van der Waals surface area contributed by atoms with Gasteiger partial charge in [0, 0.05) is 13.2 Å². The Morgan fingerprint density at radius 2 is 2.06 bits per heavy atom. The third kappa shape index (κ3) is 4.88. The molecule has 2 nitrogen and oxygen atoms in total. The number of nitrogens with one attached hydrogen (secondary N) is 1. The summed E-state index contributed by atoms with van der Waals surface area (Å²) in [6.45, 7) is 3.12. The predicted molar refractivity (Wildman–Crippen MR) is 71.2 cm³/mol. The largest absolute Gasteiger partial charge is 0.377 e. The van der Waals surface area contributed by atoms with Crippen LogP contribution in [0.4, 0.5) is 0 Å². The van der Waals surface area contributed by atoms with Crippen LogP contribution in [0.2, 0.25) is 0 Å². The number of unbranched alkanes of at least 4 members (excludes halogenated alkanes) is 1. The summed E-state index contributed by atoms with van der Waals surface area (Å²) in [6.07, 6.45) is 6.52. The monoisotopic (exact) mass is 233 g/mol. The van der Waals surface area contributed by atoms with E-state index in [1.165, 1.54) is 37.7 Å². The zero-order valence-corrected chi connectivity index (χ0v) is 10.5. The molecule has 1 aliphatic rings. The fourth-order valence-corrected chi connectivity index (χ4v) is 2.29. The van der Waals surface area contributed by atoms with E-state index in [1.807, 2.05) is 0 Å². The van der Waals surface area contributed by atoms with Crippen molar-refractivity contribution in [3.8, 4) is 0 Å². The van der Waals surface area contributed by atoms with E-state index in [2.05, 4.69) is 35.6 Å². The Kier molecular flexibility index (Phi) is 5.53. The summed E-state index contributed by atoms with van der Waals surface area (Å²) in [5, 5.41) is 3.38. The fourth-order valence-electron chi connectivity index (χ4n) is 2.29. The maximum Gasteiger partial charge on any atom is 0.0699 e. The molecule has 0 unspecified atom stereocenters. The number of benzene rings is 1. The van der Waals surface area contributed by atoms with E-state index in [1.54, 1.807) is 0 Å². The molecule has 1 aromatic carbocycles. The van der Waals surface area contributed by atoms with Crippen LogP contribution in [-0.2, 0) is 11.2 Å². The average molecular weight is 233 g/mol. The first-order chi connectivity index (χ1) is 8.45. The van der Waals surface area contributed by atoms with Gasteiger partial charge in [-0.15, -0.1) is 0 Å². The van der Waals surface area contributed by atoms with Crippen molar-refractivity contribution in [2.45, 2.75) is 38.2 Å². The number of rotatable bonds is 6. The van der Waals surface area contributed by atoms with Gasteiger partial charge in [0.15, 0.2) is 0 Å².